The Hall–Kier alpha value is -1.79. The molecule has 1 aromatic carbocycles. The van der Waals surface area contributed by atoms with E-state index in [0.29, 0.717) is 76.2 Å². The van der Waals surface area contributed by atoms with Crippen molar-refractivity contribution in [1.82, 2.24) is 4.90 Å². The zero-order valence-electron chi connectivity index (χ0n) is 32.9. The van der Waals surface area contributed by atoms with E-state index in [0.717, 1.165) is 31.7 Å². The lowest BCUT2D eigenvalue weighted by Crippen LogP contribution is -2.47. The molecule has 10 heteroatoms. The SMILES string of the molecule is COCOc1ccc2c(c1)C[C@@H](CCCCCN(C)CCOCCOCCOCCC(=O)OC(C)(C)C)[C@H]1C3CCC(OCOC)[C@@]3(C)CC[C@H]21. The van der Waals surface area contributed by atoms with Gasteiger partial charge in [0, 0.05) is 20.8 Å². The van der Waals surface area contributed by atoms with Crippen molar-refractivity contribution >= 4 is 5.97 Å². The molecule has 6 atom stereocenters. The van der Waals surface area contributed by atoms with Gasteiger partial charge in [-0.05, 0) is 132 Å². The molecule has 51 heavy (non-hydrogen) atoms. The predicted octanol–water partition coefficient (Wildman–Crippen LogP) is 7.01. The van der Waals surface area contributed by atoms with Gasteiger partial charge in [0.15, 0.2) is 6.79 Å². The second-order valence-corrected chi connectivity index (χ2v) is 16.2. The Morgan fingerprint density at radius 3 is 2.33 bits per heavy atom. The molecule has 1 aromatic rings. The number of benzene rings is 1. The van der Waals surface area contributed by atoms with Crippen molar-refractivity contribution < 1.29 is 42.7 Å². The molecule has 0 saturated heterocycles. The van der Waals surface area contributed by atoms with Crippen molar-refractivity contribution in [3.05, 3.63) is 29.3 Å². The zero-order chi connectivity index (χ0) is 36.7. The first-order chi connectivity index (χ1) is 24.6. The number of ether oxygens (including phenoxy) is 8. The third-order valence-corrected chi connectivity index (χ3v) is 11.4. The normalized spacial score (nSPS) is 25.8. The number of methoxy groups -OCH3 is 2. The maximum absolute atomic E-state index is 11.7. The highest BCUT2D eigenvalue weighted by atomic mass is 16.7. The molecule has 0 spiro atoms. The first kappa shape index (κ1) is 42.0. The van der Waals surface area contributed by atoms with Crippen LogP contribution in [0.1, 0.15) is 103 Å². The molecule has 3 aliphatic carbocycles. The molecule has 10 nitrogen and oxygen atoms in total. The molecule has 0 amide bonds. The van der Waals surface area contributed by atoms with Crippen molar-refractivity contribution in [3.63, 3.8) is 0 Å². The summed E-state index contributed by atoms with van der Waals surface area (Å²) in [6.45, 7) is 13.8. The van der Waals surface area contributed by atoms with Gasteiger partial charge in [-0.2, -0.15) is 0 Å². The van der Waals surface area contributed by atoms with Crippen LogP contribution in [0.25, 0.3) is 0 Å². The summed E-state index contributed by atoms with van der Waals surface area (Å²) < 4.78 is 44.8. The molecule has 4 rings (SSSR count). The van der Waals surface area contributed by atoms with Gasteiger partial charge in [0.25, 0.3) is 0 Å². The van der Waals surface area contributed by atoms with E-state index in [9.17, 15) is 4.79 Å². The Morgan fingerprint density at radius 2 is 1.61 bits per heavy atom. The zero-order valence-corrected chi connectivity index (χ0v) is 32.9. The van der Waals surface area contributed by atoms with Crippen LogP contribution < -0.4 is 4.74 Å². The number of likely N-dealkylation sites (N-methyl/N-ethyl adjacent to an activating group) is 1. The number of carbonyl (C=O) groups is 1. The lowest BCUT2D eigenvalue weighted by molar-refractivity contribution is -0.156. The van der Waals surface area contributed by atoms with Crippen LogP contribution in [0, 0.1) is 23.2 Å². The molecule has 2 unspecified atom stereocenters. The largest absolute Gasteiger partial charge is 0.468 e. The van der Waals surface area contributed by atoms with Crippen molar-refractivity contribution in [3.8, 4) is 5.75 Å². The van der Waals surface area contributed by atoms with E-state index in [1.54, 1.807) is 19.8 Å². The molecule has 2 fully saturated rings. The lowest BCUT2D eigenvalue weighted by Gasteiger charge is -2.53. The van der Waals surface area contributed by atoms with Gasteiger partial charge in [0.2, 0.25) is 0 Å². The third kappa shape index (κ3) is 12.9. The van der Waals surface area contributed by atoms with Gasteiger partial charge in [0.05, 0.1) is 52.2 Å². The summed E-state index contributed by atoms with van der Waals surface area (Å²) in [6, 6.07) is 6.79. The van der Waals surface area contributed by atoms with Gasteiger partial charge in [-0.1, -0.05) is 25.8 Å². The predicted molar refractivity (Wildman–Crippen MR) is 198 cm³/mol. The molecular formula is C41H69NO9. The van der Waals surface area contributed by atoms with Crippen LogP contribution >= 0.6 is 0 Å². The number of rotatable bonds is 24. The summed E-state index contributed by atoms with van der Waals surface area (Å²) >= 11 is 0. The van der Waals surface area contributed by atoms with Crippen LogP contribution in [0.2, 0.25) is 0 Å². The van der Waals surface area contributed by atoms with Crippen molar-refractivity contribution in [1.29, 1.82) is 0 Å². The minimum Gasteiger partial charge on any atom is -0.468 e. The maximum atomic E-state index is 11.7. The van der Waals surface area contributed by atoms with E-state index in [4.69, 9.17) is 37.9 Å². The first-order valence-corrected chi connectivity index (χ1v) is 19.5. The van der Waals surface area contributed by atoms with Crippen LogP contribution in [0.5, 0.6) is 5.75 Å². The fraction of sp³-hybridized carbons (Fsp3) is 0.829. The number of unbranched alkanes of at least 4 members (excludes halogenated alkanes) is 2. The van der Waals surface area contributed by atoms with E-state index >= 15 is 0 Å². The highest BCUT2D eigenvalue weighted by Crippen LogP contribution is 2.63. The van der Waals surface area contributed by atoms with E-state index < -0.39 is 5.60 Å². The lowest BCUT2D eigenvalue weighted by atomic mass is 9.52. The summed E-state index contributed by atoms with van der Waals surface area (Å²) in [4.78, 5) is 14.1. The molecule has 0 aromatic heterocycles. The average molecular weight is 720 g/mol. The fourth-order valence-electron chi connectivity index (χ4n) is 9.03. The van der Waals surface area contributed by atoms with Crippen molar-refractivity contribution in [2.45, 2.75) is 110 Å². The molecular weight excluding hydrogens is 650 g/mol. The quantitative estimate of drug-likeness (QED) is 0.0631. The van der Waals surface area contributed by atoms with Gasteiger partial charge in [-0.25, -0.2) is 0 Å². The smallest absolute Gasteiger partial charge is 0.308 e. The van der Waals surface area contributed by atoms with E-state index in [-0.39, 0.29) is 24.6 Å². The number of hydrogen-bond donors (Lipinski definition) is 0. The van der Waals surface area contributed by atoms with Gasteiger partial charge in [-0.3, -0.25) is 4.79 Å². The second-order valence-electron chi connectivity index (χ2n) is 16.2. The van der Waals surface area contributed by atoms with E-state index in [1.165, 1.54) is 50.5 Å². The highest BCUT2D eigenvalue weighted by molar-refractivity contribution is 5.69. The molecule has 0 N–H and O–H groups in total. The minimum absolute atomic E-state index is 0.229. The Balaban J connectivity index is 1.13. The maximum Gasteiger partial charge on any atom is 0.308 e. The van der Waals surface area contributed by atoms with Gasteiger partial charge < -0.3 is 42.8 Å². The van der Waals surface area contributed by atoms with Gasteiger partial charge in [0.1, 0.15) is 18.1 Å². The molecule has 3 aliphatic rings. The Bertz CT molecular complexity index is 1160. The standard InChI is InChI=1S/C41H69NO9/c1-40(2,3)51-38(43)17-21-46-23-25-48-26-24-47-22-20-42(5)19-10-8-9-11-31-27-32-28-33(49-29-44-6)12-13-34(32)35-16-18-41(4)36(39(31)35)14-15-37(41)50-30-45-7/h12-13,28,31,35-37,39H,8-11,14-27,29-30H2,1-7H3/t31-,35-,36?,37?,39-,41+/m1/s1. The molecule has 0 aliphatic heterocycles. The van der Waals surface area contributed by atoms with Crippen molar-refractivity contribution in [2.75, 3.05) is 87.6 Å². The third-order valence-electron chi connectivity index (χ3n) is 11.4. The summed E-state index contributed by atoms with van der Waals surface area (Å²) in [6.07, 6.45) is 11.5. The highest BCUT2D eigenvalue weighted by Gasteiger charge is 2.57. The van der Waals surface area contributed by atoms with Crippen LogP contribution in [-0.4, -0.2) is 110 Å². The molecule has 0 radical (unpaired) electrons. The average Bonchev–Trinajstić information content (AvgIpc) is 3.43. The number of hydrogen-bond acceptors (Lipinski definition) is 10. The molecule has 0 bridgehead atoms. The second kappa shape index (κ2) is 21.2. The van der Waals surface area contributed by atoms with Crippen LogP contribution in [0.4, 0.5) is 0 Å². The topological polar surface area (TPSA) is 94.2 Å². The summed E-state index contributed by atoms with van der Waals surface area (Å²) in [5.74, 6) is 3.38. The number of carbonyl (C=O) groups excluding carboxylic acids is 1. The Labute approximate surface area is 308 Å². The van der Waals surface area contributed by atoms with Crippen molar-refractivity contribution in [2.24, 2.45) is 23.2 Å². The molecule has 2 saturated carbocycles. The summed E-state index contributed by atoms with van der Waals surface area (Å²) in [7, 11) is 5.59. The van der Waals surface area contributed by atoms with E-state index in [1.807, 2.05) is 20.8 Å². The Morgan fingerprint density at radius 1 is 0.882 bits per heavy atom. The molecule has 0 heterocycles. The van der Waals surface area contributed by atoms with Gasteiger partial charge in [-0.15, -0.1) is 0 Å². The minimum atomic E-state index is -0.464. The number of nitrogens with zero attached hydrogens (tertiary/aromatic N) is 1. The van der Waals surface area contributed by atoms with E-state index in [2.05, 4.69) is 37.1 Å². The molecule has 292 valence electrons. The monoisotopic (exact) mass is 719 g/mol. The Kier molecular flexibility index (Phi) is 17.4. The van der Waals surface area contributed by atoms with Crippen LogP contribution in [0.15, 0.2) is 18.2 Å². The van der Waals surface area contributed by atoms with Crippen LogP contribution in [0.3, 0.4) is 0 Å². The summed E-state index contributed by atoms with van der Waals surface area (Å²) in [5.41, 5.74) is 2.81. The number of esters is 1. The fourth-order valence-corrected chi connectivity index (χ4v) is 9.03. The van der Waals surface area contributed by atoms with Crippen LogP contribution in [-0.2, 0) is 44.4 Å². The first-order valence-electron chi connectivity index (χ1n) is 19.5. The summed E-state index contributed by atoms with van der Waals surface area (Å²) in [5, 5.41) is 0. The number of fused-ring (bicyclic) bond motifs is 5. The van der Waals surface area contributed by atoms with Gasteiger partial charge >= 0.3 is 5.97 Å².